The van der Waals surface area contributed by atoms with Gasteiger partial charge in [-0.05, 0) is 44.4 Å². The van der Waals surface area contributed by atoms with E-state index in [9.17, 15) is 9.90 Å². The molecule has 0 unspecified atom stereocenters. The van der Waals surface area contributed by atoms with Crippen molar-refractivity contribution in [1.29, 1.82) is 0 Å². The van der Waals surface area contributed by atoms with E-state index >= 15 is 0 Å². The molecule has 0 bridgehead atoms. The maximum absolute atomic E-state index is 12.4. The molecule has 1 aromatic carbocycles. The third-order valence-corrected chi connectivity index (χ3v) is 6.48. The van der Waals surface area contributed by atoms with Gasteiger partial charge >= 0.3 is 0 Å². The third-order valence-electron chi connectivity index (χ3n) is 6.12. The SMILES string of the molecule is CCN1CCC2(CC1)C[C@](C)(O)[C@@H](NC(=O)CCc1ccccc1Cl)CO2. The van der Waals surface area contributed by atoms with E-state index in [-0.39, 0.29) is 17.6 Å². The number of likely N-dealkylation sites (tertiary alicyclic amines) is 1. The Morgan fingerprint density at radius 1 is 1.37 bits per heavy atom. The van der Waals surface area contributed by atoms with Crippen molar-refractivity contribution in [3.05, 3.63) is 34.9 Å². The van der Waals surface area contributed by atoms with Crippen molar-refractivity contribution in [2.45, 2.75) is 63.2 Å². The molecule has 2 heterocycles. The van der Waals surface area contributed by atoms with E-state index in [1.807, 2.05) is 31.2 Å². The van der Waals surface area contributed by atoms with Gasteiger partial charge in [-0.1, -0.05) is 36.7 Å². The van der Waals surface area contributed by atoms with Gasteiger partial charge < -0.3 is 20.1 Å². The summed E-state index contributed by atoms with van der Waals surface area (Å²) in [6, 6.07) is 7.18. The minimum atomic E-state index is -0.966. The maximum Gasteiger partial charge on any atom is 0.220 e. The lowest BCUT2D eigenvalue weighted by Gasteiger charge is -2.51. The minimum Gasteiger partial charge on any atom is -0.388 e. The van der Waals surface area contributed by atoms with Gasteiger partial charge in [-0.25, -0.2) is 0 Å². The Balaban J connectivity index is 1.52. The largest absolute Gasteiger partial charge is 0.388 e. The molecule has 2 atom stereocenters. The zero-order valence-electron chi connectivity index (χ0n) is 16.3. The molecule has 3 rings (SSSR count). The summed E-state index contributed by atoms with van der Waals surface area (Å²) >= 11 is 6.15. The van der Waals surface area contributed by atoms with Crippen LogP contribution in [0.4, 0.5) is 0 Å². The highest BCUT2D eigenvalue weighted by Gasteiger charge is 2.49. The molecule has 1 amide bonds. The highest BCUT2D eigenvalue weighted by molar-refractivity contribution is 6.31. The van der Waals surface area contributed by atoms with E-state index in [1.165, 1.54) is 0 Å². The van der Waals surface area contributed by atoms with Crippen LogP contribution >= 0.6 is 11.6 Å². The van der Waals surface area contributed by atoms with Gasteiger partial charge in [-0.15, -0.1) is 0 Å². The van der Waals surface area contributed by atoms with Gasteiger partial charge in [0.2, 0.25) is 5.91 Å². The molecule has 0 aromatic heterocycles. The first-order valence-corrected chi connectivity index (χ1v) is 10.3. The number of carbonyl (C=O) groups is 1. The smallest absolute Gasteiger partial charge is 0.220 e. The van der Waals surface area contributed by atoms with Gasteiger partial charge in [0.05, 0.1) is 23.9 Å². The van der Waals surface area contributed by atoms with Crippen molar-refractivity contribution < 1.29 is 14.6 Å². The molecular formula is C21H31ClN2O3. The molecule has 2 fully saturated rings. The van der Waals surface area contributed by atoms with E-state index in [4.69, 9.17) is 16.3 Å². The Hall–Kier alpha value is -1.14. The summed E-state index contributed by atoms with van der Waals surface area (Å²) in [5.74, 6) is -0.0828. The second-order valence-electron chi connectivity index (χ2n) is 8.17. The van der Waals surface area contributed by atoms with Crippen LogP contribution < -0.4 is 5.32 Å². The molecule has 150 valence electrons. The van der Waals surface area contributed by atoms with Crippen LogP contribution in [0, 0.1) is 0 Å². The van der Waals surface area contributed by atoms with Crippen LogP contribution in [0.15, 0.2) is 24.3 Å². The summed E-state index contributed by atoms with van der Waals surface area (Å²) in [6.07, 6.45) is 3.35. The molecule has 1 spiro atoms. The van der Waals surface area contributed by atoms with Crippen molar-refractivity contribution in [3.8, 4) is 0 Å². The lowest BCUT2D eigenvalue weighted by Crippen LogP contribution is -2.63. The number of ether oxygens (including phenoxy) is 1. The molecule has 6 heteroatoms. The lowest BCUT2D eigenvalue weighted by atomic mass is 9.75. The number of hydrogen-bond donors (Lipinski definition) is 2. The van der Waals surface area contributed by atoms with Crippen molar-refractivity contribution >= 4 is 17.5 Å². The number of carbonyl (C=O) groups excluding carboxylic acids is 1. The first-order chi connectivity index (χ1) is 12.8. The number of halogens is 1. The third kappa shape index (κ3) is 5.02. The molecule has 2 aliphatic heterocycles. The molecule has 0 radical (unpaired) electrons. The van der Waals surface area contributed by atoms with Crippen LogP contribution in [0.3, 0.4) is 0 Å². The highest BCUT2D eigenvalue weighted by Crippen LogP contribution is 2.39. The monoisotopic (exact) mass is 394 g/mol. The fourth-order valence-corrected chi connectivity index (χ4v) is 4.51. The summed E-state index contributed by atoms with van der Waals surface area (Å²) < 4.78 is 6.21. The maximum atomic E-state index is 12.4. The van der Waals surface area contributed by atoms with Crippen LogP contribution in [0.25, 0.3) is 0 Å². The molecule has 5 nitrogen and oxygen atoms in total. The molecule has 0 saturated carbocycles. The average molecular weight is 395 g/mol. The molecule has 1 aromatic rings. The number of amides is 1. The van der Waals surface area contributed by atoms with Crippen molar-refractivity contribution in [1.82, 2.24) is 10.2 Å². The van der Waals surface area contributed by atoms with Gasteiger partial charge in [0.15, 0.2) is 0 Å². The lowest BCUT2D eigenvalue weighted by molar-refractivity contribution is -0.189. The Morgan fingerprint density at radius 3 is 2.70 bits per heavy atom. The standard InChI is InChI=1S/C21H31ClN2O3/c1-3-24-12-10-21(11-13-24)15-20(2,26)18(14-27-21)23-19(25)9-8-16-6-4-5-7-17(16)22/h4-7,18,26H,3,8-15H2,1-2H3,(H,23,25)/t18-,20-/m0/s1. The molecule has 2 saturated heterocycles. The number of aliphatic hydroxyl groups is 1. The fraction of sp³-hybridized carbons (Fsp3) is 0.667. The summed E-state index contributed by atoms with van der Waals surface area (Å²) in [7, 11) is 0. The second kappa shape index (κ2) is 8.48. The summed E-state index contributed by atoms with van der Waals surface area (Å²) in [5, 5.41) is 14.7. The van der Waals surface area contributed by atoms with Crippen molar-refractivity contribution in [3.63, 3.8) is 0 Å². The van der Waals surface area contributed by atoms with E-state index in [0.29, 0.717) is 30.9 Å². The van der Waals surface area contributed by atoms with Gasteiger partial charge in [-0.3, -0.25) is 4.79 Å². The zero-order valence-corrected chi connectivity index (χ0v) is 17.1. The van der Waals surface area contributed by atoms with Crippen LogP contribution in [-0.2, 0) is 16.0 Å². The number of nitrogens with one attached hydrogen (secondary N) is 1. The fourth-order valence-electron chi connectivity index (χ4n) is 4.28. The molecule has 2 N–H and O–H groups in total. The average Bonchev–Trinajstić information content (AvgIpc) is 2.64. The Bertz CT molecular complexity index is 657. The second-order valence-corrected chi connectivity index (χ2v) is 8.58. The minimum absolute atomic E-state index is 0.0828. The Morgan fingerprint density at radius 2 is 2.07 bits per heavy atom. The predicted molar refractivity (Wildman–Crippen MR) is 107 cm³/mol. The van der Waals surface area contributed by atoms with Crippen LogP contribution in [0.5, 0.6) is 0 Å². The van der Waals surface area contributed by atoms with Gasteiger partial charge in [-0.2, -0.15) is 0 Å². The molecular weight excluding hydrogens is 364 g/mol. The van der Waals surface area contributed by atoms with Crippen LogP contribution in [-0.4, -0.2) is 59.4 Å². The molecule has 27 heavy (non-hydrogen) atoms. The van der Waals surface area contributed by atoms with E-state index in [0.717, 1.165) is 38.0 Å². The first kappa shape index (κ1) is 20.6. The number of benzene rings is 1. The Kier molecular flexibility index (Phi) is 6.46. The van der Waals surface area contributed by atoms with E-state index in [2.05, 4.69) is 17.1 Å². The molecule has 0 aliphatic carbocycles. The van der Waals surface area contributed by atoms with Crippen LogP contribution in [0.2, 0.25) is 5.02 Å². The summed E-state index contributed by atoms with van der Waals surface area (Å²) in [4.78, 5) is 14.8. The zero-order chi connectivity index (χ0) is 19.5. The van der Waals surface area contributed by atoms with Gasteiger partial charge in [0.25, 0.3) is 0 Å². The van der Waals surface area contributed by atoms with Crippen LogP contribution in [0.1, 0.15) is 45.1 Å². The quantitative estimate of drug-likeness (QED) is 0.806. The number of hydrogen-bond acceptors (Lipinski definition) is 4. The van der Waals surface area contributed by atoms with Gasteiger partial charge in [0.1, 0.15) is 0 Å². The molecule has 2 aliphatic rings. The number of aryl methyl sites for hydroxylation is 1. The Labute approximate surface area is 167 Å². The predicted octanol–water partition coefficient (Wildman–Crippen LogP) is 2.78. The topological polar surface area (TPSA) is 61.8 Å². The number of nitrogens with zero attached hydrogens (tertiary/aromatic N) is 1. The first-order valence-electron chi connectivity index (χ1n) is 9.95. The van der Waals surface area contributed by atoms with E-state index < -0.39 is 5.60 Å². The highest BCUT2D eigenvalue weighted by atomic mass is 35.5. The van der Waals surface area contributed by atoms with Gasteiger partial charge in [0, 0.05) is 31.0 Å². The van der Waals surface area contributed by atoms with Crippen molar-refractivity contribution in [2.24, 2.45) is 0 Å². The number of piperidine rings is 1. The summed E-state index contributed by atoms with van der Waals surface area (Å²) in [6.45, 7) is 7.41. The van der Waals surface area contributed by atoms with Crippen molar-refractivity contribution in [2.75, 3.05) is 26.2 Å². The normalized spacial score (nSPS) is 28.2. The summed E-state index contributed by atoms with van der Waals surface area (Å²) in [5.41, 5.74) is -0.261. The van der Waals surface area contributed by atoms with E-state index in [1.54, 1.807) is 0 Å². The number of rotatable bonds is 5.